The summed E-state index contributed by atoms with van der Waals surface area (Å²) < 4.78 is 26.8. The Morgan fingerprint density at radius 1 is 1.42 bits per heavy atom. The van der Waals surface area contributed by atoms with Crippen molar-refractivity contribution in [3.05, 3.63) is 35.4 Å². The van der Waals surface area contributed by atoms with E-state index in [2.05, 4.69) is 15.6 Å². The van der Waals surface area contributed by atoms with Crippen molar-refractivity contribution in [2.45, 2.75) is 32.9 Å². The van der Waals surface area contributed by atoms with Crippen LogP contribution in [0.15, 0.2) is 23.2 Å². The Labute approximate surface area is 141 Å². The van der Waals surface area contributed by atoms with Gasteiger partial charge in [0.15, 0.2) is 5.96 Å². The first-order chi connectivity index (χ1) is 11.4. The van der Waals surface area contributed by atoms with E-state index in [0.717, 1.165) is 24.6 Å². The number of likely N-dealkylation sites (tertiary alicyclic amines) is 1. The zero-order chi connectivity index (χ0) is 17.7. The fourth-order valence-electron chi connectivity index (χ4n) is 2.69. The van der Waals surface area contributed by atoms with Crippen molar-refractivity contribution < 1.29 is 13.6 Å². The average molecular weight is 338 g/mol. The number of carbonyl (C=O) groups is 1. The quantitative estimate of drug-likeness (QED) is 0.651. The van der Waals surface area contributed by atoms with Gasteiger partial charge in [0.1, 0.15) is 11.6 Å². The van der Waals surface area contributed by atoms with E-state index in [9.17, 15) is 13.6 Å². The number of benzene rings is 1. The molecule has 2 N–H and O–H groups in total. The Hall–Kier alpha value is -2.18. The SMILES string of the molecule is CN=C(NCc1cc(F)ccc1F)NC1CCN(C(=O)C(C)C)C1. The first-order valence-corrected chi connectivity index (χ1v) is 8.10. The van der Waals surface area contributed by atoms with E-state index in [1.165, 1.54) is 0 Å². The lowest BCUT2D eigenvalue weighted by molar-refractivity contribution is -0.133. The summed E-state index contributed by atoms with van der Waals surface area (Å²) in [5, 5.41) is 6.20. The van der Waals surface area contributed by atoms with Crippen LogP contribution in [0.1, 0.15) is 25.8 Å². The minimum atomic E-state index is -0.477. The summed E-state index contributed by atoms with van der Waals surface area (Å²) in [5.74, 6) is -0.313. The normalized spacial score (nSPS) is 18.2. The minimum absolute atomic E-state index is 0.0165. The van der Waals surface area contributed by atoms with Crippen LogP contribution < -0.4 is 10.6 Å². The number of guanidine groups is 1. The summed E-state index contributed by atoms with van der Waals surface area (Å²) in [5.41, 5.74) is 0.237. The molecule has 1 aromatic carbocycles. The maximum Gasteiger partial charge on any atom is 0.225 e. The van der Waals surface area contributed by atoms with Gasteiger partial charge in [-0.15, -0.1) is 0 Å². The maximum absolute atomic E-state index is 13.6. The molecule has 0 bridgehead atoms. The fraction of sp³-hybridized carbons (Fsp3) is 0.529. The van der Waals surface area contributed by atoms with Gasteiger partial charge in [0.2, 0.25) is 5.91 Å². The molecular weight excluding hydrogens is 314 g/mol. The third-order valence-corrected chi connectivity index (χ3v) is 4.01. The molecule has 5 nitrogen and oxygen atoms in total. The highest BCUT2D eigenvalue weighted by Crippen LogP contribution is 2.13. The van der Waals surface area contributed by atoms with Crippen molar-refractivity contribution >= 4 is 11.9 Å². The first-order valence-electron chi connectivity index (χ1n) is 8.10. The molecule has 1 aromatic rings. The van der Waals surface area contributed by atoms with E-state index in [0.29, 0.717) is 19.0 Å². The van der Waals surface area contributed by atoms with Gasteiger partial charge in [-0.1, -0.05) is 13.8 Å². The van der Waals surface area contributed by atoms with E-state index in [1.54, 1.807) is 7.05 Å². The van der Waals surface area contributed by atoms with Crippen molar-refractivity contribution in [2.75, 3.05) is 20.1 Å². The third-order valence-electron chi connectivity index (χ3n) is 4.01. The lowest BCUT2D eigenvalue weighted by Crippen LogP contribution is -2.45. The number of rotatable bonds is 4. The second-order valence-corrected chi connectivity index (χ2v) is 6.23. The number of nitrogens with one attached hydrogen (secondary N) is 2. The molecule has 0 aromatic heterocycles. The molecule has 0 radical (unpaired) electrons. The molecule has 1 heterocycles. The molecule has 7 heteroatoms. The van der Waals surface area contributed by atoms with Crippen LogP contribution in [-0.4, -0.2) is 42.9 Å². The molecule has 0 spiro atoms. The van der Waals surface area contributed by atoms with Crippen LogP contribution in [-0.2, 0) is 11.3 Å². The highest BCUT2D eigenvalue weighted by Gasteiger charge is 2.27. The van der Waals surface area contributed by atoms with Crippen molar-refractivity contribution in [1.82, 2.24) is 15.5 Å². The van der Waals surface area contributed by atoms with Gasteiger partial charge < -0.3 is 15.5 Å². The third kappa shape index (κ3) is 4.66. The molecule has 0 saturated carbocycles. The highest BCUT2D eigenvalue weighted by molar-refractivity contribution is 5.81. The van der Waals surface area contributed by atoms with E-state index >= 15 is 0 Å². The largest absolute Gasteiger partial charge is 0.352 e. The molecule has 0 aliphatic carbocycles. The molecule has 1 fully saturated rings. The summed E-state index contributed by atoms with van der Waals surface area (Å²) in [7, 11) is 1.61. The lowest BCUT2D eigenvalue weighted by Gasteiger charge is -2.20. The van der Waals surface area contributed by atoms with Gasteiger partial charge in [0, 0.05) is 44.2 Å². The second-order valence-electron chi connectivity index (χ2n) is 6.23. The van der Waals surface area contributed by atoms with E-state index in [4.69, 9.17) is 0 Å². The van der Waals surface area contributed by atoms with Crippen LogP contribution in [0.25, 0.3) is 0 Å². The minimum Gasteiger partial charge on any atom is -0.352 e. The standard InChI is InChI=1S/C17H24F2N4O/c1-11(2)16(24)23-7-6-14(10-23)22-17(20-3)21-9-12-8-13(18)4-5-15(12)19/h4-5,8,11,14H,6-7,9-10H2,1-3H3,(H2,20,21,22). The average Bonchev–Trinajstić information content (AvgIpc) is 3.01. The van der Waals surface area contributed by atoms with E-state index in [1.807, 2.05) is 18.7 Å². The van der Waals surface area contributed by atoms with E-state index in [-0.39, 0.29) is 30.0 Å². The molecule has 1 unspecified atom stereocenters. The molecule has 24 heavy (non-hydrogen) atoms. The summed E-state index contributed by atoms with van der Waals surface area (Å²) >= 11 is 0. The first kappa shape index (κ1) is 18.2. The Kier molecular flexibility index (Phi) is 6.11. The van der Waals surface area contributed by atoms with Gasteiger partial charge in [-0.25, -0.2) is 8.78 Å². The molecule has 1 aliphatic rings. The number of nitrogens with zero attached hydrogens (tertiary/aromatic N) is 2. The lowest BCUT2D eigenvalue weighted by atomic mass is 10.2. The number of aliphatic imine (C=N–C) groups is 1. The van der Waals surface area contributed by atoms with Crippen LogP contribution in [0.5, 0.6) is 0 Å². The monoisotopic (exact) mass is 338 g/mol. The van der Waals surface area contributed by atoms with Crippen LogP contribution in [0.3, 0.4) is 0 Å². The van der Waals surface area contributed by atoms with Crippen LogP contribution in [0.2, 0.25) is 0 Å². The smallest absolute Gasteiger partial charge is 0.225 e. The molecule has 1 aliphatic heterocycles. The Balaban J connectivity index is 1.87. The van der Waals surface area contributed by atoms with Crippen molar-refractivity contribution in [3.63, 3.8) is 0 Å². The van der Waals surface area contributed by atoms with Gasteiger partial charge in [0.05, 0.1) is 0 Å². The number of hydrogen-bond acceptors (Lipinski definition) is 2. The van der Waals surface area contributed by atoms with Gasteiger partial charge >= 0.3 is 0 Å². The zero-order valence-electron chi connectivity index (χ0n) is 14.3. The van der Waals surface area contributed by atoms with Crippen molar-refractivity contribution in [3.8, 4) is 0 Å². The number of hydrogen-bond donors (Lipinski definition) is 2. The Morgan fingerprint density at radius 2 is 2.17 bits per heavy atom. The van der Waals surface area contributed by atoms with Gasteiger partial charge in [-0.3, -0.25) is 9.79 Å². The van der Waals surface area contributed by atoms with Gasteiger partial charge in [0.25, 0.3) is 0 Å². The molecule has 132 valence electrons. The zero-order valence-corrected chi connectivity index (χ0v) is 14.3. The van der Waals surface area contributed by atoms with Crippen molar-refractivity contribution in [1.29, 1.82) is 0 Å². The topological polar surface area (TPSA) is 56.7 Å². The number of carbonyl (C=O) groups excluding carboxylic acids is 1. The summed E-state index contributed by atoms with van der Waals surface area (Å²) in [6.45, 7) is 5.23. The van der Waals surface area contributed by atoms with Crippen LogP contribution in [0.4, 0.5) is 8.78 Å². The van der Waals surface area contributed by atoms with Gasteiger partial charge in [-0.05, 0) is 24.6 Å². The molecule has 2 rings (SSSR count). The predicted octanol–water partition coefficient (Wildman–Crippen LogP) is 1.89. The molecule has 1 saturated heterocycles. The summed E-state index contributed by atoms with van der Waals surface area (Å²) in [4.78, 5) is 17.9. The Bertz CT molecular complexity index is 619. The molecular formula is C17H24F2N4O. The molecule has 1 atom stereocenters. The molecule has 1 amide bonds. The maximum atomic E-state index is 13.6. The Morgan fingerprint density at radius 3 is 2.83 bits per heavy atom. The number of amides is 1. The predicted molar refractivity (Wildman–Crippen MR) is 89.5 cm³/mol. The van der Waals surface area contributed by atoms with E-state index < -0.39 is 11.6 Å². The van der Waals surface area contributed by atoms with Gasteiger partial charge in [-0.2, -0.15) is 0 Å². The second kappa shape index (κ2) is 8.08. The summed E-state index contributed by atoms with van der Waals surface area (Å²) in [6.07, 6.45) is 0.827. The van der Waals surface area contributed by atoms with Crippen LogP contribution in [0, 0.1) is 17.6 Å². The van der Waals surface area contributed by atoms with Crippen molar-refractivity contribution in [2.24, 2.45) is 10.9 Å². The number of halogens is 2. The highest BCUT2D eigenvalue weighted by atomic mass is 19.1. The van der Waals surface area contributed by atoms with Crippen LogP contribution >= 0.6 is 0 Å². The fourth-order valence-corrected chi connectivity index (χ4v) is 2.69. The summed E-state index contributed by atoms with van der Waals surface area (Å²) in [6, 6.07) is 3.45.